The normalized spacial score (nSPS) is 12.1. The molecule has 0 spiro atoms. The lowest BCUT2D eigenvalue weighted by Gasteiger charge is -2.20. The lowest BCUT2D eigenvalue weighted by molar-refractivity contribution is -0.289. The number of carbonyl (C=O) groups excluding carboxylic acids is 1. The van der Waals surface area contributed by atoms with Gasteiger partial charge in [0.2, 0.25) is 0 Å². The van der Waals surface area contributed by atoms with Gasteiger partial charge in [-0.2, -0.15) is 22.0 Å². The number of pyridine rings is 2. The van der Waals surface area contributed by atoms with E-state index in [1.54, 1.807) is 18.5 Å². The number of benzene rings is 1. The molecular formula is C22H15F6N5O. The number of aromatic amines is 1. The van der Waals surface area contributed by atoms with Crippen molar-refractivity contribution in [2.45, 2.75) is 18.6 Å². The molecule has 1 amide bonds. The summed E-state index contributed by atoms with van der Waals surface area (Å²) in [6.07, 6.45) is -1.54. The maximum Gasteiger partial charge on any atom is 0.458 e. The zero-order chi connectivity index (χ0) is 24.5. The van der Waals surface area contributed by atoms with Crippen LogP contribution in [0.5, 0.6) is 0 Å². The van der Waals surface area contributed by atoms with Crippen molar-refractivity contribution in [1.82, 2.24) is 15.0 Å². The topological polar surface area (TPSA) is 82.7 Å². The predicted octanol–water partition coefficient (Wildman–Crippen LogP) is 5.62. The standard InChI is InChI=1S/C22H15F6N5O/c23-14-9-17(19(32-11-14)31-10-12-5-7-29-18-16(12)6-8-30-18)20(34)33-15-3-1-13(2-4-15)21(24,25)22(26,27)28/h1-9,11H,10H2,(H,29,30)(H,31,32)(H,33,34). The van der Waals surface area contributed by atoms with E-state index in [0.29, 0.717) is 17.8 Å². The Kier molecular flexibility index (Phi) is 5.90. The summed E-state index contributed by atoms with van der Waals surface area (Å²) >= 11 is 0. The molecule has 3 heterocycles. The van der Waals surface area contributed by atoms with Crippen LogP contribution in [-0.2, 0) is 12.5 Å². The van der Waals surface area contributed by atoms with E-state index in [-0.39, 0.29) is 23.6 Å². The van der Waals surface area contributed by atoms with Crippen LogP contribution in [0.3, 0.4) is 0 Å². The minimum atomic E-state index is -5.76. The van der Waals surface area contributed by atoms with Gasteiger partial charge in [-0.15, -0.1) is 0 Å². The minimum Gasteiger partial charge on any atom is -0.365 e. The van der Waals surface area contributed by atoms with Gasteiger partial charge >= 0.3 is 12.1 Å². The second-order valence-corrected chi connectivity index (χ2v) is 7.22. The Balaban J connectivity index is 1.52. The van der Waals surface area contributed by atoms with E-state index in [0.717, 1.165) is 35.3 Å². The molecule has 0 fully saturated rings. The molecule has 0 aliphatic rings. The highest BCUT2D eigenvalue weighted by Crippen LogP contribution is 2.43. The monoisotopic (exact) mass is 479 g/mol. The molecule has 0 unspecified atom stereocenters. The molecule has 4 rings (SSSR count). The molecule has 6 nitrogen and oxygen atoms in total. The van der Waals surface area contributed by atoms with Crippen LogP contribution in [0.2, 0.25) is 0 Å². The van der Waals surface area contributed by atoms with Crippen molar-refractivity contribution in [3.8, 4) is 0 Å². The lowest BCUT2D eigenvalue weighted by atomic mass is 10.1. The number of carbonyl (C=O) groups is 1. The molecule has 3 aromatic heterocycles. The number of H-pyrrole nitrogens is 1. The number of halogens is 6. The maximum atomic E-state index is 13.8. The zero-order valence-electron chi connectivity index (χ0n) is 17.1. The van der Waals surface area contributed by atoms with E-state index in [1.807, 2.05) is 6.07 Å². The average Bonchev–Trinajstić information content (AvgIpc) is 3.27. The second-order valence-electron chi connectivity index (χ2n) is 7.22. The van der Waals surface area contributed by atoms with E-state index < -0.39 is 29.4 Å². The van der Waals surface area contributed by atoms with Crippen LogP contribution in [0, 0.1) is 5.82 Å². The molecular weight excluding hydrogens is 464 g/mol. The summed E-state index contributed by atoms with van der Waals surface area (Å²) in [5.74, 6) is -6.64. The number of hydrogen-bond acceptors (Lipinski definition) is 4. The first kappa shape index (κ1) is 23.1. The van der Waals surface area contributed by atoms with Crippen molar-refractivity contribution in [2.24, 2.45) is 0 Å². The maximum absolute atomic E-state index is 13.8. The molecule has 0 radical (unpaired) electrons. The largest absolute Gasteiger partial charge is 0.458 e. The fourth-order valence-corrected chi connectivity index (χ4v) is 3.23. The van der Waals surface area contributed by atoms with Crippen LogP contribution in [0.1, 0.15) is 21.5 Å². The number of anilines is 2. The first-order valence-electron chi connectivity index (χ1n) is 9.73. The Labute approximate surface area is 188 Å². The fourth-order valence-electron chi connectivity index (χ4n) is 3.23. The first-order valence-corrected chi connectivity index (χ1v) is 9.73. The van der Waals surface area contributed by atoms with Gasteiger partial charge in [0.05, 0.1) is 11.8 Å². The van der Waals surface area contributed by atoms with Gasteiger partial charge in [-0.1, -0.05) is 12.1 Å². The van der Waals surface area contributed by atoms with Gasteiger partial charge in [-0.3, -0.25) is 4.79 Å². The quantitative estimate of drug-likeness (QED) is 0.314. The molecule has 3 N–H and O–H groups in total. The number of fused-ring (bicyclic) bond motifs is 1. The van der Waals surface area contributed by atoms with E-state index >= 15 is 0 Å². The Morgan fingerprint density at radius 2 is 1.74 bits per heavy atom. The summed E-state index contributed by atoms with van der Waals surface area (Å²) in [4.78, 5) is 23.8. The number of nitrogens with one attached hydrogen (secondary N) is 3. The van der Waals surface area contributed by atoms with Crippen LogP contribution in [-0.4, -0.2) is 27.0 Å². The summed E-state index contributed by atoms with van der Waals surface area (Å²) in [6, 6.07) is 7.39. The van der Waals surface area contributed by atoms with Gasteiger partial charge in [0.1, 0.15) is 17.3 Å². The van der Waals surface area contributed by atoms with E-state index in [2.05, 4.69) is 25.6 Å². The molecule has 0 bridgehead atoms. The van der Waals surface area contributed by atoms with Crippen molar-refractivity contribution in [3.63, 3.8) is 0 Å². The smallest absolute Gasteiger partial charge is 0.365 e. The highest BCUT2D eigenvalue weighted by molar-refractivity contribution is 6.07. The third-order valence-electron chi connectivity index (χ3n) is 4.96. The molecule has 0 aliphatic carbocycles. The van der Waals surface area contributed by atoms with Crippen LogP contribution in [0.25, 0.3) is 11.0 Å². The number of alkyl halides is 5. The number of rotatable bonds is 6. The Morgan fingerprint density at radius 3 is 2.44 bits per heavy atom. The number of nitrogens with zero attached hydrogens (tertiary/aromatic N) is 2. The third kappa shape index (κ3) is 4.51. The van der Waals surface area contributed by atoms with E-state index in [1.165, 1.54) is 0 Å². The summed E-state index contributed by atoms with van der Waals surface area (Å²) < 4.78 is 78.3. The SMILES string of the molecule is O=C(Nc1ccc(C(F)(F)C(F)(F)F)cc1)c1cc(F)cnc1NCc1ccnc2[nH]ccc12. The molecule has 176 valence electrons. The van der Waals surface area contributed by atoms with Gasteiger partial charge in [0, 0.05) is 35.6 Å². The van der Waals surface area contributed by atoms with Gasteiger partial charge in [-0.05, 0) is 35.9 Å². The first-order chi connectivity index (χ1) is 16.1. The van der Waals surface area contributed by atoms with Crippen LogP contribution in [0.15, 0.2) is 61.1 Å². The van der Waals surface area contributed by atoms with Crippen LogP contribution in [0.4, 0.5) is 37.8 Å². The molecule has 34 heavy (non-hydrogen) atoms. The van der Waals surface area contributed by atoms with Crippen LogP contribution >= 0.6 is 0 Å². The minimum absolute atomic E-state index is 0.0413. The molecule has 0 atom stereocenters. The molecule has 1 aromatic carbocycles. The zero-order valence-corrected chi connectivity index (χ0v) is 17.1. The van der Waals surface area contributed by atoms with Crippen molar-refractivity contribution >= 4 is 28.4 Å². The van der Waals surface area contributed by atoms with Gasteiger partial charge in [0.15, 0.2) is 0 Å². The van der Waals surface area contributed by atoms with Crippen molar-refractivity contribution < 1.29 is 31.1 Å². The molecule has 0 aliphatic heterocycles. The highest BCUT2D eigenvalue weighted by atomic mass is 19.4. The molecule has 12 heteroatoms. The Morgan fingerprint density at radius 1 is 1.00 bits per heavy atom. The Bertz CT molecular complexity index is 1330. The second kappa shape index (κ2) is 8.69. The number of hydrogen-bond donors (Lipinski definition) is 3. The van der Waals surface area contributed by atoms with Crippen molar-refractivity contribution in [1.29, 1.82) is 0 Å². The highest BCUT2D eigenvalue weighted by Gasteiger charge is 2.58. The fraction of sp³-hybridized carbons (Fsp3) is 0.136. The molecule has 0 saturated heterocycles. The number of amides is 1. The predicted molar refractivity (Wildman–Crippen MR) is 112 cm³/mol. The average molecular weight is 479 g/mol. The van der Waals surface area contributed by atoms with Gasteiger partial charge in [0.25, 0.3) is 5.91 Å². The van der Waals surface area contributed by atoms with Gasteiger partial charge < -0.3 is 15.6 Å². The third-order valence-corrected chi connectivity index (χ3v) is 4.96. The van der Waals surface area contributed by atoms with E-state index in [4.69, 9.17) is 0 Å². The Hall–Kier alpha value is -4.09. The molecule has 4 aromatic rings. The summed E-state index contributed by atoms with van der Waals surface area (Å²) in [5.41, 5.74) is -0.0517. The van der Waals surface area contributed by atoms with Crippen LogP contribution < -0.4 is 10.6 Å². The van der Waals surface area contributed by atoms with Gasteiger partial charge in [-0.25, -0.2) is 14.4 Å². The van der Waals surface area contributed by atoms with Crippen molar-refractivity contribution in [2.75, 3.05) is 10.6 Å². The number of aromatic nitrogens is 3. The summed E-state index contributed by atoms with van der Waals surface area (Å²) in [5, 5.41) is 6.12. The summed E-state index contributed by atoms with van der Waals surface area (Å²) in [7, 11) is 0. The van der Waals surface area contributed by atoms with E-state index in [9.17, 15) is 31.1 Å². The van der Waals surface area contributed by atoms with Crippen molar-refractivity contribution in [3.05, 3.63) is 83.6 Å². The lowest BCUT2D eigenvalue weighted by Crippen LogP contribution is -2.33. The summed E-state index contributed by atoms with van der Waals surface area (Å²) in [6.45, 7) is 0.219. The molecule has 0 saturated carbocycles.